The van der Waals surface area contributed by atoms with Crippen LogP contribution in [0.3, 0.4) is 0 Å². The van der Waals surface area contributed by atoms with Gasteiger partial charge in [-0.2, -0.15) is 9.52 Å². The minimum absolute atomic E-state index is 0.00757. The minimum Gasteiger partial charge on any atom is -0.379 e. The van der Waals surface area contributed by atoms with Gasteiger partial charge in [0.2, 0.25) is 0 Å². The van der Waals surface area contributed by atoms with Gasteiger partial charge in [0.15, 0.2) is 0 Å². The molecule has 3 fully saturated rings. The molecular formula is C25H44N2O6S. The molecule has 9 heteroatoms. The number of ether oxygens (including phenoxy) is 4. The van der Waals surface area contributed by atoms with Crippen molar-refractivity contribution in [3.63, 3.8) is 0 Å². The van der Waals surface area contributed by atoms with Crippen molar-refractivity contribution in [1.29, 1.82) is 0 Å². The Morgan fingerprint density at radius 1 is 0.765 bits per heavy atom. The fourth-order valence-electron chi connectivity index (χ4n) is 6.93. The zero-order valence-electron chi connectivity index (χ0n) is 21.4. The molecule has 4 rings (SSSR count). The van der Waals surface area contributed by atoms with Gasteiger partial charge in [-0.3, -0.25) is 0 Å². The first-order valence-electron chi connectivity index (χ1n) is 13.2. The van der Waals surface area contributed by atoms with Gasteiger partial charge in [-0.1, -0.05) is 25.7 Å². The van der Waals surface area contributed by atoms with Gasteiger partial charge in [0.1, 0.15) is 0 Å². The molecule has 1 heterocycles. The van der Waals surface area contributed by atoms with Gasteiger partial charge in [0.25, 0.3) is 10.0 Å². The average molecular weight is 501 g/mol. The lowest BCUT2D eigenvalue weighted by atomic mass is 9.76. The molecule has 0 aromatic carbocycles. The fraction of sp³-hybridized carbons (Fsp3) is 0.960. The molecule has 3 saturated carbocycles. The predicted molar refractivity (Wildman–Crippen MR) is 131 cm³/mol. The van der Waals surface area contributed by atoms with Crippen molar-refractivity contribution in [3.8, 4) is 0 Å². The van der Waals surface area contributed by atoms with E-state index in [-0.39, 0.29) is 47.5 Å². The van der Waals surface area contributed by atoms with Crippen LogP contribution in [0.5, 0.6) is 0 Å². The first kappa shape index (κ1) is 26.3. The summed E-state index contributed by atoms with van der Waals surface area (Å²) in [5.74, 6) is 0.282. The molecule has 1 aliphatic heterocycles. The van der Waals surface area contributed by atoms with Gasteiger partial charge in [-0.15, -0.1) is 0 Å². The first-order valence-corrected chi connectivity index (χ1v) is 14.7. The lowest BCUT2D eigenvalue weighted by Crippen LogP contribution is -2.51. The highest BCUT2D eigenvalue weighted by molar-refractivity contribution is 7.89. The number of hydrazone groups is 1. The lowest BCUT2D eigenvalue weighted by Gasteiger charge is -2.42. The van der Waals surface area contributed by atoms with Crippen LogP contribution in [0.4, 0.5) is 0 Å². The summed E-state index contributed by atoms with van der Waals surface area (Å²) in [6, 6.07) is -0.203. The second kappa shape index (κ2) is 11.5. The molecule has 0 radical (unpaired) electrons. The number of rotatable bonds is 8. The van der Waals surface area contributed by atoms with E-state index < -0.39 is 10.0 Å². The van der Waals surface area contributed by atoms with Crippen LogP contribution in [-0.4, -0.2) is 82.7 Å². The van der Waals surface area contributed by atoms with Crippen molar-refractivity contribution in [2.24, 2.45) is 16.9 Å². The first-order chi connectivity index (χ1) is 16.4. The Morgan fingerprint density at radius 2 is 1.47 bits per heavy atom. The van der Waals surface area contributed by atoms with Crippen LogP contribution in [-0.2, 0) is 29.0 Å². The summed E-state index contributed by atoms with van der Waals surface area (Å²) < 4.78 is 52.5. The Kier molecular flexibility index (Phi) is 8.94. The summed E-state index contributed by atoms with van der Waals surface area (Å²) in [5.41, 5.74) is 1.01. The van der Waals surface area contributed by atoms with E-state index in [4.69, 9.17) is 24.0 Å². The minimum atomic E-state index is -3.53. The molecular weight excluding hydrogens is 456 g/mol. The van der Waals surface area contributed by atoms with Crippen molar-refractivity contribution < 1.29 is 27.4 Å². The van der Waals surface area contributed by atoms with E-state index >= 15 is 0 Å². The van der Waals surface area contributed by atoms with Gasteiger partial charge in [0, 0.05) is 52.4 Å². The Labute approximate surface area is 205 Å². The van der Waals surface area contributed by atoms with Crippen LogP contribution >= 0.6 is 0 Å². The molecule has 0 bridgehead atoms. The van der Waals surface area contributed by atoms with E-state index in [1.54, 1.807) is 28.4 Å². The van der Waals surface area contributed by atoms with Gasteiger partial charge in [-0.25, -0.2) is 8.42 Å². The summed E-state index contributed by atoms with van der Waals surface area (Å²) in [6.07, 6.45) is 10.7. The normalized spacial score (nSPS) is 38.2. The number of hydrogen-bond donors (Lipinski definition) is 0. The van der Waals surface area contributed by atoms with Crippen LogP contribution < -0.4 is 0 Å². The predicted octanol–water partition coefficient (Wildman–Crippen LogP) is 3.74. The molecule has 7 atom stereocenters. The quantitative estimate of drug-likeness (QED) is 0.505. The SMILES string of the molecule is COC1CCC(C2=NN(S(=O)(=O)C3CCCCC3)C(C3CCCC(OC)C3OC)C2)CC1OC. The van der Waals surface area contributed by atoms with Crippen LogP contribution in [0.15, 0.2) is 5.10 Å². The molecule has 4 aliphatic rings. The van der Waals surface area contributed by atoms with E-state index in [0.717, 1.165) is 76.3 Å². The van der Waals surface area contributed by atoms with E-state index in [0.29, 0.717) is 6.42 Å². The molecule has 0 aromatic heterocycles. The van der Waals surface area contributed by atoms with Crippen LogP contribution in [0.1, 0.15) is 77.0 Å². The molecule has 196 valence electrons. The van der Waals surface area contributed by atoms with Crippen molar-refractivity contribution in [1.82, 2.24) is 4.41 Å². The third kappa shape index (κ3) is 5.19. The Morgan fingerprint density at radius 3 is 2.12 bits per heavy atom. The Bertz CT molecular complexity index is 799. The van der Waals surface area contributed by atoms with Crippen LogP contribution in [0, 0.1) is 11.8 Å². The van der Waals surface area contributed by atoms with Crippen LogP contribution in [0.25, 0.3) is 0 Å². The molecule has 0 amide bonds. The standard InChI is InChI=1S/C25H44N2O6S/c1-30-22-14-13-17(15-24(22)32-3)20-16-21(19-11-8-12-23(31-2)25(19)33-4)27(26-20)34(28,29)18-9-6-5-7-10-18/h17-19,21-25H,5-16H2,1-4H3. The average Bonchev–Trinajstić information content (AvgIpc) is 3.34. The van der Waals surface area contributed by atoms with E-state index in [9.17, 15) is 8.42 Å². The fourth-order valence-corrected chi connectivity index (χ4v) is 8.99. The van der Waals surface area contributed by atoms with Gasteiger partial charge in [-0.05, 0) is 44.9 Å². The van der Waals surface area contributed by atoms with E-state index in [1.807, 2.05) is 0 Å². The largest absolute Gasteiger partial charge is 0.379 e. The highest BCUT2D eigenvalue weighted by Crippen LogP contribution is 2.42. The molecule has 7 unspecified atom stereocenters. The Balaban J connectivity index is 1.62. The topological polar surface area (TPSA) is 86.7 Å². The monoisotopic (exact) mass is 500 g/mol. The summed E-state index contributed by atoms with van der Waals surface area (Å²) in [5, 5.41) is 4.60. The number of sulfonamides is 1. The highest BCUT2D eigenvalue weighted by Gasteiger charge is 2.49. The van der Waals surface area contributed by atoms with E-state index in [1.165, 1.54) is 4.41 Å². The second-order valence-corrected chi connectivity index (χ2v) is 12.6. The highest BCUT2D eigenvalue weighted by atomic mass is 32.2. The molecule has 0 N–H and O–H groups in total. The summed E-state index contributed by atoms with van der Waals surface area (Å²) in [7, 11) is 3.39. The maximum absolute atomic E-state index is 13.9. The zero-order chi connectivity index (χ0) is 24.3. The van der Waals surface area contributed by atoms with Crippen molar-refractivity contribution >= 4 is 15.7 Å². The summed E-state index contributed by atoms with van der Waals surface area (Å²) in [6.45, 7) is 0. The lowest BCUT2D eigenvalue weighted by molar-refractivity contribution is -0.0984. The third-order valence-corrected chi connectivity index (χ3v) is 11.0. The maximum atomic E-state index is 13.9. The number of methoxy groups -OCH3 is 4. The summed E-state index contributed by atoms with van der Waals surface area (Å²) >= 11 is 0. The molecule has 3 aliphatic carbocycles. The zero-order valence-corrected chi connectivity index (χ0v) is 22.2. The molecule has 0 saturated heterocycles. The summed E-state index contributed by atoms with van der Waals surface area (Å²) in [4.78, 5) is 0. The van der Waals surface area contributed by atoms with Gasteiger partial charge in [0.05, 0.1) is 35.7 Å². The van der Waals surface area contributed by atoms with Crippen molar-refractivity contribution in [2.75, 3.05) is 28.4 Å². The molecule has 34 heavy (non-hydrogen) atoms. The van der Waals surface area contributed by atoms with Crippen LogP contribution in [0.2, 0.25) is 0 Å². The smallest absolute Gasteiger partial charge is 0.252 e. The maximum Gasteiger partial charge on any atom is 0.252 e. The number of hydrogen-bond acceptors (Lipinski definition) is 7. The molecule has 0 aromatic rings. The van der Waals surface area contributed by atoms with E-state index in [2.05, 4.69) is 0 Å². The number of nitrogens with zero attached hydrogens (tertiary/aromatic N) is 2. The molecule has 8 nitrogen and oxygen atoms in total. The third-order valence-electron chi connectivity index (χ3n) is 8.85. The van der Waals surface area contributed by atoms with Crippen molar-refractivity contribution in [3.05, 3.63) is 0 Å². The second-order valence-electron chi connectivity index (χ2n) is 10.6. The Hall–Kier alpha value is -0.740. The van der Waals surface area contributed by atoms with Gasteiger partial charge >= 0.3 is 0 Å². The molecule has 0 spiro atoms. The van der Waals surface area contributed by atoms with Crippen molar-refractivity contribution in [2.45, 2.75) is 113 Å². The van der Waals surface area contributed by atoms with Gasteiger partial charge < -0.3 is 18.9 Å².